The van der Waals surface area contributed by atoms with Gasteiger partial charge in [0.2, 0.25) is 0 Å². The monoisotopic (exact) mass is 287 g/mol. The van der Waals surface area contributed by atoms with Gasteiger partial charge in [-0.2, -0.15) is 0 Å². The minimum absolute atomic E-state index is 0.696. The first-order valence-corrected chi connectivity index (χ1v) is 6.40. The minimum Gasteiger partial charge on any atom is -0.380 e. The highest BCUT2D eigenvalue weighted by atomic mass is 79.9. The second-order valence-electron chi connectivity index (χ2n) is 3.37. The first-order valence-electron chi connectivity index (χ1n) is 5.61. The molecule has 16 heavy (non-hydrogen) atoms. The molecule has 0 saturated heterocycles. The average molecular weight is 288 g/mol. The van der Waals surface area contributed by atoms with Crippen molar-refractivity contribution in [2.24, 2.45) is 0 Å². The molecule has 5 heteroatoms. The predicted molar refractivity (Wildman–Crippen MR) is 68.7 cm³/mol. The number of aromatic nitrogens is 2. The molecule has 4 nitrogen and oxygen atoms in total. The summed E-state index contributed by atoms with van der Waals surface area (Å²) in [6.45, 7) is 6.31. The molecule has 0 aromatic carbocycles. The van der Waals surface area contributed by atoms with Crippen LogP contribution in [-0.4, -0.2) is 29.7 Å². The van der Waals surface area contributed by atoms with Crippen LogP contribution in [-0.2, 0) is 11.2 Å². The van der Waals surface area contributed by atoms with E-state index in [2.05, 4.69) is 38.1 Å². The molecule has 1 aromatic heterocycles. The topological polar surface area (TPSA) is 47.0 Å². The summed E-state index contributed by atoms with van der Waals surface area (Å²) in [5.41, 5.74) is 0. The Morgan fingerprint density at radius 1 is 1.38 bits per heavy atom. The van der Waals surface area contributed by atoms with E-state index < -0.39 is 0 Å². The first kappa shape index (κ1) is 13.4. The van der Waals surface area contributed by atoms with Crippen LogP contribution >= 0.6 is 15.9 Å². The van der Waals surface area contributed by atoms with Gasteiger partial charge in [-0.05, 0) is 29.3 Å². The summed E-state index contributed by atoms with van der Waals surface area (Å²) in [7, 11) is 0. The zero-order chi connectivity index (χ0) is 11.8. The van der Waals surface area contributed by atoms with Gasteiger partial charge in [0.15, 0.2) is 0 Å². The van der Waals surface area contributed by atoms with Gasteiger partial charge in [0.1, 0.15) is 16.2 Å². The summed E-state index contributed by atoms with van der Waals surface area (Å²) < 4.78 is 6.07. The van der Waals surface area contributed by atoms with Gasteiger partial charge in [0.05, 0.1) is 6.61 Å². The summed E-state index contributed by atoms with van der Waals surface area (Å²) in [5.74, 6) is 1.72. The molecule has 0 aliphatic rings. The molecule has 0 radical (unpaired) electrons. The van der Waals surface area contributed by atoms with E-state index in [0.717, 1.165) is 42.2 Å². The molecule has 0 amide bonds. The summed E-state index contributed by atoms with van der Waals surface area (Å²) in [5, 5.41) is 3.21. The molecule has 0 bridgehead atoms. The molecule has 0 fully saturated rings. The summed E-state index contributed by atoms with van der Waals surface area (Å²) >= 11 is 3.38. The Hall–Kier alpha value is -0.680. The number of aryl methyl sites for hydroxylation is 1. The van der Waals surface area contributed by atoms with Gasteiger partial charge in [-0.25, -0.2) is 9.97 Å². The van der Waals surface area contributed by atoms with Gasteiger partial charge in [0, 0.05) is 25.6 Å². The third-order valence-corrected chi connectivity index (χ3v) is 2.38. The number of nitrogens with one attached hydrogen (secondary N) is 1. The van der Waals surface area contributed by atoms with Crippen LogP contribution in [0, 0.1) is 0 Å². The van der Waals surface area contributed by atoms with Gasteiger partial charge in [-0.15, -0.1) is 0 Å². The van der Waals surface area contributed by atoms with Crippen molar-refractivity contribution < 1.29 is 4.74 Å². The third-order valence-electron chi connectivity index (χ3n) is 1.97. The quantitative estimate of drug-likeness (QED) is 0.619. The zero-order valence-corrected chi connectivity index (χ0v) is 11.4. The van der Waals surface area contributed by atoms with Crippen molar-refractivity contribution in [3.05, 3.63) is 16.5 Å². The molecule has 0 aliphatic carbocycles. The van der Waals surface area contributed by atoms with Gasteiger partial charge < -0.3 is 10.1 Å². The van der Waals surface area contributed by atoms with Gasteiger partial charge in [0.25, 0.3) is 0 Å². The van der Waals surface area contributed by atoms with E-state index in [1.54, 1.807) is 0 Å². The van der Waals surface area contributed by atoms with E-state index in [-0.39, 0.29) is 0 Å². The lowest BCUT2D eigenvalue weighted by atomic mass is 10.3. The molecular formula is C11H18BrN3O. The number of anilines is 1. The Kier molecular flexibility index (Phi) is 6.33. The Labute approximate surface area is 105 Å². The highest BCUT2D eigenvalue weighted by molar-refractivity contribution is 9.10. The number of ether oxygens (including phenoxy) is 1. The van der Waals surface area contributed by atoms with Crippen molar-refractivity contribution in [3.8, 4) is 0 Å². The lowest BCUT2D eigenvalue weighted by Crippen LogP contribution is -2.11. The first-order chi connectivity index (χ1) is 7.76. The van der Waals surface area contributed by atoms with Crippen LogP contribution in [0.15, 0.2) is 10.7 Å². The van der Waals surface area contributed by atoms with Crippen LogP contribution in [0.4, 0.5) is 5.82 Å². The lowest BCUT2D eigenvalue weighted by Gasteiger charge is -2.07. The Morgan fingerprint density at radius 3 is 2.88 bits per heavy atom. The van der Waals surface area contributed by atoms with Crippen molar-refractivity contribution in [2.45, 2.75) is 26.7 Å². The fraction of sp³-hybridized carbons (Fsp3) is 0.636. The van der Waals surface area contributed by atoms with E-state index in [1.807, 2.05) is 13.0 Å². The second-order valence-corrected chi connectivity index (χ2v) is 4.18. The second kappa shape index (κ2) is 7.57. The molecule has 90 valence electrons. The normalized spacial score (nSPS) is 10.4. The standard InChI is InChI=1S/C11H18BrN3O/c1-3-5-10-14-9(12)8-11(15-10)13-6-7-16-4-2/h8H,3-7H2,1-2H3,(H,13,14,15). The van der Waals surface area contributed by atoms with Crippen LogP contribution in [0.1, 0.15) is 26.1 Å². The van der Waals surface area contributed by atoms with Crippen LogP contribution < -0.4 is 5.32 Å². The van der Waals surface area contributed by atoms with Crippen LogP contribution in [0.25, 0.3) is 0 Å². The molecule has 0 atom stereocenters. The molecular weight excluding hydrogens is 270 g/mol. The maximum atomic E-state index is 5.25. The fourth-order valence-electron chi connectivity index (χ4n) is 1.29. The maximum Gasteiger partial charge on any atom is 0.132 e. The summed E-state index contributed by atoms with van der Waals surface area (Å²) in [4.78, 5) is 8.72. The molecule has 0 aliphatic heterocycles. The van der Waals surface area contributed by atoms with Crippen molar-refractivity contribution in [2.75, 3.05) is 25.1 Å². The Bertz CT molecular complexity index is 320. The van der Waals surface area contributed by atoms with E-state index >= 15 is 0 Å². The molecule has 0 saturated carbocycles. The number of hydrogen-bond acceptors (Lipinski definition) is 4. The number of hydrogen-bond donors (Lipinski definition) is 1. The average Bonchev–Trinajstić information content (AvgIpc) is 2.24. The predicted octanol–water partition coefficient (Wildman–Crippen LogP) is 2.64. The highest BCUT2D eigenvalue weighted by Crippen LogP contribution is 2.12. The van der Waals surface area contributed by atoms with Gasteiger partial charge >= 0.3 is 0 Å². The van der Waals surface area contributed by atoms with Crippen molar-refractivity contribution in [1.82, 2.24) is 9.97 Å². The number of nitrogens with zero attached hydrogens (tertiary/aromatic N) is 2. The van der Waals surface area contributed by atoms with Crippen molar-refractivity contribution >= 4 is 21.7 Å². The third kappa shape index (κ3) is 4.90. The Morgan fingerprint density at radius 2 is 2.19 bits per heavy atom. The summed E-state index contributed by atoms with van der Waals surface area (Å²) in [6.07, 6.45) is 1.95. The van der Waals surface area contributed by atoms with E-state index in [9.17, 15) is 0 Å². The van der Waals surface area contributed by atoms with Gasteiger partial charge in [-0.1, -0.05) is 6.92 Å². The largest absolute Gasteiger partial charge is 0.380 e. The number of halogens is 1. The molecule has 1 heterocycles. The van der Waals surface area contributed by atoms with E-state index in [4.69, 9.17) is 4.74 Å². The molecule has 1 N–H and O–H groups in total. The minimum atomic E-state index is 0.696. The lowest BCUT2D eigenvalue weighted by molar-refractivity contribution is 0.158. The highest BCUT2D eigenvalue weighted by Gasteiger charge is 2.01. The molecule has 0 spiro atoms. The van der Waals surface area contributed by atoms with Gasteiger partial charge in [-0.3, -0.25) is 0 Å². The summed E-state index contributed by atoms with van der Waals surface area (Å²) in [6, 6.07) is 1.88. The van der Waals surface area contributed by atoms with Crippen LogP contribution in [0.3, 0.4) is 0 Å². The van der Waals surface area contributed by atoms with Crippen LogP contribution in [0.5, 0.6) is 0 Å². The molecule has 0 unspecified atom stereocenters. The Balaban J connectivity index is 2.51. The SMILES string of the molecule is CCCc1nc(Br)cc(NCCOCC)n1. The smallest absolute Gasteiger partial charge is 0.132 e. The van der Waals surface area contributed by atoms with Crippen molar-refractivity contribution in [3.63, 3.8) is 0 Å². The van der Waals surface area contributed by atoms with Crippen LogP contribution in [0.2, 0.25) is 0 Å². The molecule has 1 aromatic rings. The van der Waals surface area contributed by atoms with Crippen molar-refractivity contribution in [1.29, 1.82) is 0 Å². The molecule has 1 rings (SSSR count). The fourth-order valence-corrected chi connectivity index (χ4v) is 1.71. The zero-order valence-electron chi connectivity index (χ0n) is 9.79. The van der Waals surface area contributed by atoms with E-state index in [0.29, 0.717) is 6.61 Å². The number of rotatable bonds is 7. The van der Waals surface area contributed by atoms with E-state index in [1.165, 1.54) is 0 Å². The maximum absolute atomic E-state index is 5.25.